The number of aromatic nitrogens is 1. The Kier molecular flexibility index (Phi) is 4.93. The van der Waals surface area contributed by atoms with Crippen molar-refractivity contribution in [2.45, 2.75) is 6.42 Å². The van der Waals surface area contributed by atoms with Crippen molar-refractivity contribution in [3.63, 3.8) is 0 Å². The van der Waals surface area contributed by atoms with E-state index in [2.05, 4.69) is 4.98 Å². The summed E-state index contributed by atoms with van der Waals surface area (Å²) in [4.78, 5) is 15.2. The highest BCUT2D eigenvalue weighted by atomic mass is 35.5. The van der Waals surface area contributed by atoms with Crippen LogP contribution in [-0.4, -0.2) is 34.7 Å². The highest BCUT2D eigenvalue weighted by molar-refractivity contribution is 6.30. The van der Waals surface area contributed by atoms with Gasteiger partial charge in [0.15, 0.2) is 5.76 Å². The first-order valence-corrected chi connectivity index (χ1v) is 5.20. The summed E-state index contributed by atoms with van der Waals surface area (Å²) in [5, 5.41) is 19.5. The Labute approximate surface area is 103 Å². The fraction of sp³-hybridized carbons (Fsp3) is 0.273. The number of ether oxygens (including phenoxy) is 1. The summed E-state index contributed by atoms with van der Waals surface area (Å²) in [7, 11) is 1.44. The highest BCUT2D eigenvalue weighted by Gasteiger charge is 2.16. The average Bonchev–Trinajstić information content (AvgIpc) is 2.34. The molecule has 1 heterocycles. The van der Waals surface area contributed by atoms with E-state index in [1.54, 1.807) is 0 Å². The molecule has 0 radical (unpaired) electrons. The number of methoxy groups -OCH3 is 1. The molecule has 0 aromatic carbocycles. The van der Waals surface area contributed by atoms with Crippen LogP contribution < -0.4 is 0 Å². The molecule has 2 N–H and O–H groups in total. The zero-order chi connectivity index (χ0) is 12.8. The van der Waals surface area contributed by atoms with Crippen LogP contribution in [0.5, 0.6) is 0 Å². The number of ketones is 1. The highest BCUT2D eigenvalue weighted by Crippen LogP contribution is 2.17. The molecular weight excluding hydrogens is 246 g/mol. The first kappa shape index (κ1) is 13.5. The third kappa shape index (κ3) is 3.72. The maximum atomic E-state index is 11.4. The molecule has 0 unspecified atom stereocenters. The van der Waals surface area contributed by atoms with Crippen molar-refractivity contribution in [1.29, 1.82) is 0 Å². The van der Waals surface area contributed by atoms with Crippen LogP contribution in [0.4, 0.5) is 0 Å². The van der Waals surface area contributed by atoms with E-state index in [-0.39, 0.29) is 18.7 Å². The lowest BCUT2D eigenvalue weighted by Crippen LogP contribution is -2.08. The molecule has 0 aliphatic rings. The molecule has 17 heavy (non-hydrogen) atoms. The molecular formula is C11H12ClNO4. The second kappa shape index (κ2) is 6.22. The van der Waals surface area contributed by atoms with E-state index in [4.69, 9.17) is 16.3 Å². The van der Waals surface area contributed by atoms with Crippen LogP contribution in [0.2, 0.25) is 5.02 Å². The summed E-state index contributed by atoms with van der Waals surface area (Å²) >= 11 is 5.70. The molecule has 5 nitrogen and oxygen atoms in total. The fourth-order valence-corrected chi connectivity index (χ4v) is 1.26. The Bertz CT molecular complexity index is 445. The van der Waals surface area contributed by atoms with Gasteiger partial charge in [0.1, 0.15) is 5.69 Å². The molecule has 0 spiro atoms. The molecule has 0 bridgehead atoms. The van der Waals surface area contributed by atoms with Crippen molar-refractivity contribution in [3.8, 4) is 0 Å². The normalized spacial score (nSPS) is 12.1. The quantitative estimate of drug-likeness (QED) is 0.624. The molecule has 1 aromatic rings. The van der Waals surface area contributed by atoms with Gasteiger partial charge in [-0.15, -0.1) is 0 Å². The summed E-state index contributed by atoms with van der Waals surface area (Å²) in [5.41, 5.74) is 0.0424. The Morgan fingerprint density at radius 1 is 1.53 bits per heavy atom. The van der Waals surface area contributed by atoms with Crippen LogP contribution in [0, 0.1) is 0 Å². The molecule has 6 heteroatoms. The summed E-state index contributed by atoms with van der Waals surface area (Å²) < 4.78 is 4.69. The fourth-order valence-electron chi connectivity index (χ4n) is 1.10. The zero-order valence-electron chi connectivity index (χ0n) is 9.18. The van der Waals surface area contributed by atoms with Gasteiger partial charge in [0.25, 0.3) is 0 Å². The molecule has 0 aliphatic heterocycles. The number of hydrogen-bond donors (Lipinski definition) is 2. The average molecular weight is 258 g/mol. The Balaban J connectivity index is 2.92. The van der Waals surface area contributed by atoms with Crippen LogP contribution in [0.3, 0.4) is 0 Å². The predicted molar refractivity (Wildman–Crippen MR) is 62.9 cm³/mol. The number of carbonyl (C=O) groups is 1. The molecule has 0 amide bonds. The topological polar surface area (TPSA) is 79.7 Å². The predicted octanol–water partition coefficient (Wildman–Crippen LogP) is 2.13. The number of hydrogen-bond acceptors (Lipinski definition) is 5. The Morgan fingerprint density at radius 3 is 2.82 bits per heavy atom. The number of aliphatic hydroxyl groups excluding tert-OH is 2. The van der Waals surface area contributed by atoms with Gasteiger partial charge in [0, 0.05) is 24.8 Å². The van der Waals surface area contributed by atoms with Gasteiger partial charge in [-0.25, -0.2) is 0 Å². The molecule has 92 valence electrons. The minimum Gasteiger partial charge on any atom is -0.503 e. The van der Waals surface area contributed by atoms with E-state index in [9.17, 15) is 15.0 Å². The number of allylic oxidation sites excluding steroid dienone is 1. The third-order valence-corrected chi connectivity index (χ3v) is 2.22. The summed E-state index contributed by atoms with van der Waals surface area (Å²) in [5.74, 6) is -1.95. The molecule has 0 aliphatic carbocycles. The number of halogens is 1. The number of rotatable bonds is 5. The first-order valence-electron chi connectivity index (χ1n) is 4.82. The third-order valence-electron chi connectivity index (χ3n) is 1.99. The molecule has 1 rings (SSSR count). The van der Waals surface area contributed by atoms with Crippen molar-refractivity contribution < 1.29 is 19.7 Å². The number of Topliss-reactive ketones (excluding diaryl/α,β-unsaturated/α-hetero) is 1. The zero-order valence-corrected chi connectivity index (χ0v) is 9.94. The summed E-state index contributed by atoms with van der Waals surface area (Å²) in [6.07, 6.45) is 1.34. The SMILES string of the molecule is COCCC(=O)/C(O)=C(\O)c1cc(Cl)ccn1. The molecule has 0 atom stereocenters. The van der Waals surface area contributed by atoms with Gasteiger partial charge >= 0.3 is 0 Å². The van der Waals surface area contributed by atoms with Crippen molar-refractivity contribution in [1.82, 2.24) is 4.98 Å². The van der Waals surface area contributed by atoms with Gasteiger partial charge in [0.2, 0.25) is 11.5 Å². The second-order valence-corrected chi connectivity index (χ2v) is 3.66. The lowest BCUT2D eigenvalue weighted by Gasteiger charge is -2.04. The lowest BCUT2D eigenvalue weighted by molar-refractivity contribution is -0.118. The van der Waals surface area contributed by atoms with E-state index in [0.29, 0.717) is 5.02 Å². The van der Waals surface area contributed by atoms with Crippen molar-refractivity contribution in [2.75, 3.05) is 13.7 Å². The van der Waals surface area contributed by atoms with Crippen LogP contribution >= 0.6 is 11.6 Å². The van der Waals surface area contributed by atoms with Gasteiger partial charge < -0.3 is 14.9 Å². The maximum Gasteiger partial charge on any atom is 0.203 e. The number of carbonyl (C=O) groups excluding carboxylic acids is 1. The van der Waals surface area contributed by atoms with Gasteiger partial charge in [-0.05, 0) is 12.1 Å². The van der Waals surface area contributed by atoms with E-state index in [1.807, 2.05) is 0 Å². The van der Waals surface area contributed by atoms with Gasteiger partial charge in [0.05, 0.1) is 6.61 Å². The minimum atomic E-state index is -0.739. The number of aliphatic hydroxyl groups is 2. The van der Waals surface area contributed by atoms with E-state index < -0.39 is 17.3 Å². The Morgan fingerprint density at radius 2 is 2.24 bits per heavy atom. The summed E-state index contributed by atoms with van der Waals surface area (Å²) in [6.45, 7) is 0.166. The molecule has 0 saturated carbocycles. The lowest BCUT2D eigenvalue weighted by atomic mass is 10.2. The van der Waals surface area contributed by atoms with Crippen LogP contribution in [0.15, 0.2) is 24.1 Å². The second-order valence-electron chi connectivity index (χ2n) is 3.22. The largest absolute Gasteiger partial charge is 0.503 e. The van der Waals surface area contributed by atoms with Crippen molar-refractivity contribution >= 4 is 23.1 Å². The standard InChI is InChI=1S/C11H12ClNO4/c1-17-5-3-9(14)11(16)10(15)8-6-7(12)2-4-13-8/h2,4,6,15-16H,3,5H2,1H3/b11-10+. The monoisotopic (exact) mass is 257 g/mol. The number of nitrogens with zero attached hydrogens (tertiary/aromatic N) is 1. The minimum absolute atomic E-state index is 0.0209. The van der Waals surface area contributed by atoms with Crippen molar-refractivity contribution in [2.24, 2.45) is 0 Å². The van der Waals surface area contributed by atoms with Crippen LogP contribution in [-0.2, 0) is 9.53 Å². The molecule has 0 fully saturated rings. The first-order chi connectivity index (χ1) is 8.06. The smallest absolute Gasteiger partial charge is 0.203 e. The van der Waals surface area contributed by atoms with E-state index in [0.717, 1.165) is 0 Å². The van der Waals surface area contributed by atoms with E-state index >= 15 is 0 Å². The van der Waals surface area contributed by atoms with Crippen LogP contribution in [0.25, 0.3) is 5.76 Å². The van der Waals surface area contributed by atoms with Crippen LogP contribution in [0.1, 0.15) is 12.1 Å². The molecule has 1 aromatic heterocycles. The van der Waals surface area contributed by atoms with E-state index in [1.165, 1.54) is 25.4 Å². The van der Waals surface area contributed by atoms with Crippen molar-refractivity contribution in [3.05, 3.63) is 34.8 Å². The van der Waals surface area contributed by atoms with Gasteiger partial charge in [-0.3, -0.25) is 9.78 Å². The van der Waals surface area contributed by atoms with Gasteiger partial charge in [-0.1, -0.05) is 11.6 Å². The molecule has 0 saturated heterocycles. The van der Waals surface area contributed by atoms with Gasteiger partial charge in [-0.2, -0.15) is 0 Å². The number of pyridine rings is 1. The Hall–Kier alpha value is -1.59. The maximum absolute atomic E-state index is 11.4. The summed E-state index contributed by atoms with van der Waals surface area (Å²) in [6, 6.07) is 2.86.